The molecular weight excluding hydrogens is 238 g/mol. The molecule has 0 amide bonds. The van der Waals surface area contributed by atoms with E-state index in [1.165, 1.54) is 5.56 Å². The smallest absolute Gasteiger partial charge is 0.0720 e. The molecule has 3 nitrogen and oxygen atoms in total. The SMILES string of the molecule is c1ccc(COC2CC(OC3CCNCC3)C2)cc1. The molecule has 2 fully saturated rings. The molecule has 1 N–H and O–H groups in total. The number of piperidine rings is 1. The molecule has 1 aliphatic carbocycles. The normalized spacial score (nSPS) is 28.0. The van der Waals surface area contributed by atoms with Crippen LogP contribution in [0.3, 0.4) is 0 Å². The van der Waals surface area contributed by atoms with E-state index in [-0.39, 0.29) is 0 Å². The topological polar surface area (TPSA) is 30.5 Å². The highest BCUT2D eigenvalue weighted by atomic mass is 16.5. The molecule has 1 heterocycles. The lowest BCUT2D eigenvalue weighted by atomic mass is 9.91. The van der Waals surface area contributed by atoms with Crippen LogP contribution in [0.1, 0.15) is 31.2 Å². The summed E-state index contributed by atoms with van der Waals surface area (Å²) < 4.78 is 12.0. The van der Waals surface area contributed by atoms with Gasteiger partial charge in [0.05, 0.1) is 24.9 Å². The van der Waals surface area contributed by atoms with Gasteiger partial charge in [-0.2, -0.15) is 0 Å². The minimum atomic E-state index is 0.395. The van der Waals surface area contributed by atoms with Crippen molar-refractivity contribution < 1.29 is 9.47 Å². The van der Waals surface area contributed by atoms with Crippen molar-refractivity contribution >= 4 is 0 Å². The van der Waals surface area contributed by atoms with Gasteiger partial charge in [0.1, 0.15) is 0 Å². The van der Waals surface area contributed by atoms with E-state index >= 15 is 0 Å². The van der Waals surface area contributed by atoms with E-state index in [0.29, 0.717) is 18.3 Å². The molecule has 1 aliphatic heterocycles. The van der Waals surface area contributed by atoms with Gasteiger partial charge in [-0.1, -0.05) is 30.3 Å². The Morgan fingerprint density at radius 1 is 0.947 bits per heavy atom. The standard InChI is InChI=1S/C16H23NO2/c1-2-4-13(5-3-1)12-18-15-10-16(11-15)19-14-6-8-17-9-7-14/h1-5,14-17H,6-12H2. The number of benzene rings is 1. The Bertz CT molecular complexity index is 370. The molecule has 0 aromatic heterocycles. The molecule has 3 rings (SSSR count). The fourth-order valence-electron chi connectivity index (χ4n) is 2.76. The van der Waals surface area contributed by atoms with Crippen molar-refractivity contribution in [2.75, 3.05) is 13.1 Å². The van der Waals surface area contributed by atoms with E-state index in [2.05, 4.69) is 29.6 Å². The summed E-state index contributed by atoms with van der Waals surface area (Å²) in [6, 6.07) is 10.4. The van der Waals surface area contributed by atoms with Crippen LogP contribution in [0.15, 0.2) is 30.3 Å². The Balaban J connectivity index is 1.32. The van der Waals surface area contributed by atoms with Crippen LogP contribution in [0.25, 0.3) is 0 Å². The van der Waals surface area contributed by atoms with E-state index in [4.69, 9.17) is 9.47 Å². The minimum absolute atomic E-state index is 0.395. The maximum Gasteiger partial charge on any atom is 0.0720 e. The van der Waals surface area contributed by atoms with Crippen LogP contribution in [0.5, 0.6) is 0 Å². The van der Waals surface area contributed by atoms with Crippen molar-refractivity contribution in [1.29, 1.82) is 0 Å². The molecule has 0 bridgehead atoms. The molecular formula is C16H23NO2. The summed E-state index contributed by atoms with van der Waals surface area (Å²) in [5, 5.41) is 3.37. The van der Waals surface area contributed by atoms with Crippen molar-refractivity contribution in [2.45, 2.75) is 50.6 Å². The quantitative estimate of drug-likeness (QED) is 0.883. The third-order valence-corrected chi connectivity index (χ3v) is 4.05. The van der Waals surface area contributed by atoms with E-state index in [9.17, 15) is 0 Å². The van der Waals surface area contributed by atoms with Crippen LogP contribution in [-0.2, 0) is 16.1 Å². The molecule has 1 aromatic rings. The summed E-state index contributed by atoms with van der Waals surface area (Å²) in [7, 11) is 0. The predicted octanol–water partition coefficient (Wildman–Crippen LogP) is 2.50. The highest BCUT2D eigenvalue weighted by Crippen LogP contribution is 2.29. The number of rotatable bonds is 5. The van der Waals surface area contributed by atoms with Gasteiger partial charge >= 0.3 is 0 Å². The first kappa shape index (κ1) is 13.1. The van der Waals surface area contributed by atoms with Gasteiger partial charge in [-0.05, 0) is 44.3 Å². The monoisotopic (exact) mass is 261 g/mol. The van der Waals surface area contributed by atoms with Crippen LogP contribution in [0.2, 0.25) is 0 Å². The second kappa shape index (κ2) is 6.51. The molecule has 0 atom stereocenters. The summed E-state index contributed by atoms with van der Waals surface area (Å²) >= 11 is 0. The first-order valence-electron chi connectivity index (χ1n) is 7.42. The molecule has 19 heavy (non-hydrogen) atoms. The lowest BCUT2D eigenvalue weighted by molar-refractivity contribution is -0.134. The minimum Gasteiger partial charge on any atom is -0.375 e. The predicted molar refractivity (Wildman–Crippen MR) is 75.0 cm³/mol. The Kier molecular flexibility index (Phi) is 4.49. The largest absolute Gasteiger partial charge is 0.375 e. The summed E-state index contributed by atoms with van der Waals surface area (Å²) in [6.45, 7) is 2.93. The van der Waals surface area contributed by atoms with Gasteiger partial charge in [0.2, 0.25) is 0 Å². The summed E-state index contributed by atoms with van der Waals surface area (Å²) in [4.78, 5) is 0. The first-order valence-corrected chi connectivity index (χ1v) is 7.42. The van der Waals surface area contributed by atoms with Gasteiger partial charge in [-0.25, -0.2) is 0 Å². The second-order valence-electron chi connectivity index (χ2n) is 5.60. The maximum absolute atomic E-state index is 6.09. The fourth-order valence-corrected chi connectivity index (χ4v) is 2.76. The average molecular weight is 261 g/mol. The molecule has 104 valence electrons. The molecule has 1 saturated carbocycles. The van der Waals surface area contributed by atoms with Crippen molar-refractivity contribution in [3.05, 3.63) is 35.9 Å². The third kappa shape index (κ3) is 3.78. The summed E-state index contributed by atoms with van der Waals surface area (Å²) in [5.41, 5.74) is 1.25. The van der Waals surface area contributed by atoms with Gasteiger partial charge in [-0.3, -0.25) is 0 Å². The van der Waals surface area contributed by atoms with Gasteiger partial charge in [0.25, 0.3) is 0 Å². The van der Waals surface area contributed by atoms with E-state index in [0.717, 1.165) is 45.4 Å². The van der Waals surface area contributed by atoms with Crippen LogP contribution in [-0.4, -0.2) is 31.4 Å². The van der Waals surface area contributed by atoms with Crippen LogP contribution >= 0.6 is 0 Å². The number of hydrogen-bond donors (Lipinski definition) is 1. The zero-order valence-corrected chi connectivity index (χ0v) is 11.4. The summed E-state index contributed by atoms with van der Waals surface area (Å²) in [6.07, 6.45) is 5.75. The fraction of sp³-hybridized carbons (Fsp3) is 0.625. The molecule has 1 saturated heterocycles. The Hall–Kier alpha value is -0.900. The Morgan fingerprint density at radius 3 is 2.42 bits per heavy atom. The van der Waals surface area contributed by atoms with Crippen LogP contribution < -0.4 is 5.32 Å². The average Bonchev–Trinajstić information content (AvgIpc) is 2.43. The van der Waals surface area contributed by atoms with Crippen LogP contribution in [0, 0.1) is 0 Å². The molecule has 1 aromatic carbocycles. The van der Waals surface area contributed by atoms with Gasteiger partial charge in [0, 0.05) is 0 Å². The zero-order chi connectivity index (χ0) is 12.9. The van der Waals surface area contributed by atoms with Gasteiger partial charge in [-0.15, -0.1) is 0 Å². The molecule has 0 unspecified atom stereocenters. The third-order valence-electron chi connectivity index (χ3n) is 4.05. The van der Waals surface area contributed by atoms with Gasteiger partial charge in [0.15, 0.2) is 0 Å². The highest BCUT2D eigenvalue weighted by molar-refractivity contribution is 5.13. The zero-order valence-electron chi connectivity index (χ0n) is 11.4. The number of hydrogen-bond acceptors (Lipinski definition) is 3. The van der Waals surface area contributed by atoms with Gasteiger partial charge < -0.3 is 14.8 Å². The summed E-state index contributed by atoms with van der Waals surface area (Å²) in [5.74, 6) is 0. The molecule has 0 spiro atoms. The highest BCUT2D eigenvalue weighted by Gasteiger charge is 2.32. The van der Waals surface area contributed by atoms with E-state index in [1.807, 2.05) is 6.07 Å². The van der Waals surface area contributed by atoms with Crippen molar-refractivity contribution in [3.8, 4) is 0 Å². The number of nitrogens with one attached hydrogen (secondary N) is 1. The molecule has 3 heteroatoms. The Morgan fingerprint density at radius 2 is 1.68 bits per heavy atom. The van der Waals surface area contributed by atoms with Crippen molar-refractivity contribution in [2.24, 2.45) is 0 Å². The molecule has 2 aliphatic rings. The first-order chi connectivity index (χ1) is 9.40. The van der Waals surface area contributed by atoms with E-state index < -0.39 is 0 Å². The maximum atomic E-state index is 6.09. The Labute approximate surface area is 115 Å². The molecule has 0 radical (unpaired) electrons. The lowest BCUT2D eigenvalue weighted by Gasteiger charge is -2.38. The van der Waals surface area contributed by atoms with E-state index in [1.54, 1.807) is 0 Å². The van der Waals surface area contributed by atoms with Crippen molar-refractivity contribution in [3.63, 3.8) is 0 Å². The van der Waals surface area contributed by atoms with Crippen LogP contribution in [0.4, 0.5) is 0 Å². The van der Waals surface area contributed by atoms with Crippen molar-refractivity contribution in [1.82, 2.24) is 5.32 Å². The second-order valence-corrected chi connectivity index (χ2v) is 5.60. The number of ether oxygens (including phenoxy) is 2. The lowest BCUT2D eigenvalue weighted by Crippen LogP contribution is -2.42.